The molecule has 3 aromatic carbocycles. The van der Waals surface area contributed by atoms with Gasteiger partial charge in [-0.05, 0) is 61.2 Å². The van der Waals surface area contributed by atoms with Gasteiger partial charge in [-0.25, -0.2) is 27.2 Å². The number of anilines is 3. The highest BCUT2D eigenvalue weighted by molar-refractivity contribution is 6.03. The minimum absolute atomic E-state index is 0.0725. The first kappa shape index (κ1) is 28.9. The molecule has 1 aliphatic rings. The van der Waals surface area contributed by atoms with E-state index < -0.39 is 35.3 Å². The van der Waals surface area contributed by atoms with Gasteiger partial charge in [-0.3, -0.25) is 0 Å². The monoisotopic (exact) mass is 557 g/mol. The number of nitrogens with zero attached hydrogens (tertiary/aromatic N) is 1. The smallest absolute Gasteiger partial charge is 0.336 e. The van der Waals surface area contributed by atoms with Crippen molar-refractivity contribution in [3.8, 4) is 11.1 Å². The summed E-state index contributed by atoms with van der Waals surface area (Å²) in [5.41, 5.74) is -0.515. The fraction of sp³-hybridized carbons (Fsp3) is 0.333. The molecule has 3 N–H and O–H groups in total. The molecular weight excluding hydrogens is 526 g/mol. The van der Waals surface area contributed by atoms with E-state index in [0.717, 1.165) is 62.4 Å². The van der Waals surface area contributed by atoms with Crippen LogP contribution in [0.4, 0.5) is 39.4 Å². The molecule has 0 heterocycles. The number of benzene rings is 3. The highest BCUT2D eigenvalue weighted by Crippen LogP contribution is 2.39. The van der Waals surface area contributed by atoms with Crippen LogP contribution >= 0.6 is 0 Å². The highest BCUT2D eigenvalue weighted by atomic mass is 19.1. The normalized spacial score (nSPS) is 13.8. The van der Waals surface area contributed by atoms with Crippen LogP contribution in [0.1, 0.15) is 56.3 Å². The van der Waals surface area contributed by atoms with Crippen molar-refractivity contribution in [1.29, 1.82) is 0 Å². The molecule has 0 saturated heterocycles. The zero-order chi connectivity index (χ0) is 29.0. The van der Waals surface area contributed by atoms with E-state index in [-0.39, 0.29) is 40.0 Å². The summed E-state index contributed by atoms with van der Waals surface area (Å²) < 4.78 is 57.5. The molecule has 10 heteroatoms. The summed E-state index contributed by atoms with van der Waals surface area (Å²) in [6, 6.07) is 7.30. The van der Waals surface area contributed by atoms with Gasteiger partial charge in [0.25, 0.3) is 0 Å². The van der Waals surface area contributed by atoms with Crippen molar-refractivity contribution < 1.29 is 32.3 Å². The molecule has 212 valence electrons. The average molecular weight is 558 g/mol. The predicted molar refractivity (Wildman–Crippen MR) is 147 cm³/mol. The molecule has 2 amide bonds. The minimum atomic E-state index is -1.37. The lowest BCUT2D eigenvalue weighted by molar-refractivity contribution is 0.0697. The van der Waals surface area contributed by atoms with Gasteiger partial charge in [-0.1, -0.05) is 33.1 Å². The number of carboxylic acid groups (broad SMARTS) is 1. The van der Waals surface area contributed by atoms with Gasteiger partial charge < -0.3 is 20.6 Å². The molecule has 0 radical (unpaired) electrons. The number of hydrogen-bond acceptors (Lipinski definition) is 3. The van der Waals surface area contributed by atoms with Gasteiger partial charge >= 0.3 is 12.0 Å². The molecule has 1 saturated carbocycles. The summed E-state index contributed by atoms with van der Waals surface area (Å²) in [6.07, 6.45) is 4.83. The van der Waals surface area contributed by atoms with Crippen LogP contribution in [0.15, 0.2) is 48.5 Å². The minimum Gasteiger partial charge on any atom is -0.478 e. The van der Waals surface area contributed by atoms with Crippen LogP contribution in [0.5, 0.6) is 0 Å². The maximum absolute atomic E-state index is 15.8. The van der Waals surface area contributed by atoms with Gasteiger partial charge in [-0.2, -0.15) is 0 Å². The van der Waals surface area contributed by atoms with Crippen molar-refractivity contribution in [2.45, 2.75) is 52.0 Å². The van der Waals surface area contributed by atoms with Crippen molar-refractivity contribution in [1.82, 2.24) is 0 Å². The van der Waals surface area contributed by atoms with Crippen LogP contribution in [-0.2, 0) is 0 Å². The zero-order valence-electron chi connectivity index (χ0n) is 22.2. The lowest BCUT2D eigenvalue weighted by Gasteiger charge is -2.38. The highest BCUT2D eigenvalue weighted by Gasteiger charge is 2.27. The molecule has 3 aromatic rings. The summed E-state index contributed by atoms with van der Waals surface area (Å²) in [5.74, 6) is -4.53. The van der Waals surface area contributed by atoms with Crippen molar-refractivity contribution in [2.75, 3.05) is 22.1 Å². The summed E-state index contributed by atoms with van der Waals surface area (Å²) in [6.45, 7) is 4.58. The third-order valence-electron chi connectivity index (χ3n) is 6.90. The quantitative estimate of drug-likeness (QED) is 0.245. The molecule has 0 spiro atoms. The number of urea groups is 1. The molecular formula is C30H31F4N3O3. The average Bonchev–Trinajstić information content (AvgIpc) is 2.90. The van der Waals surface area contributed by atoms with E-state index in [1.165, 1.54) is 12.1 Å². The van der Waals surface area contributed by atoms with E-state index in [2.05, 4.69) is 10.6 Å². The third kappa shape index (κ3) is 6.73. The number of aromatic carboxylic acids is 1. The number of rotatable bonds is 8. The van der Waals surface area contributed by atoms with E-state index in [1.807, 2.05) is 18.7 Å². The Morgan fingerprint density at radius 3 is 2.15 bits per heavy atom. The molecule has 0 aliphatic heterocycles. The molecule has 4 rings (SSSR count). The first-order chi connectivity index (χ1) is 19.0. The van der Waals surface area contributed by atoms with Crippen LogP contribution in [-0.4, -0.2) is 29.7 Å². The Morgan fingerprint density at radius 1 is 0.850 bits per heavy atom. The molecule has 6 nitrogen and oxygen atoms in total. The van der Waals surface area contributed by atoms with E-state index >= 15 is 4.39 Å². The van der Waals surface area contributed by atoms with E-state index in [4.69, 9.17) is 0 Å². The van der Waals surface area contributed by atoms with Crippen molar-refractivity contribution in [3.63, 3.8) is 0 Å². The summed E-state index contributed by atoms with van der Waals surface area (Å²) in [7, 11) is 0. The number of carboxylic acids is 1. The maximum atomic E-state index is 15.8. The molecule has 0 atom stereocenters. The Labute approximate surface area is 230 Å². The number of carbonyl (C=O) groups is 2. The SMILES string of the molecule is CC(C)CN(c1cc(F)c(-c2cc(F)ccc2C(=O)O)cc1NC(=O)Nc1ccc(F)cc1F)C1CCCCC1. The van der Waals surface area contributed by atoms with Gasteiger partial charge in [0.15, 0.2) is 0 Å². The third-order valence-corrected chi connectivity index (χ3v) is 6.90. The van der Waals surface area contributed by atoms with Gasteiger partial charge in [0.2, 0.25) is 0 Å². The second kappa shape index (κ2) is 12.4. The van der Waals surface area contributed by atoms with E-state index in [0.29, 0.717) is 18.3 Å². The number of amides is 2. The first-order valence-electron chi connectivity index (χ1n) is 13.2. The summed E-state index contributed by atoms with van der Waals surface area (Å²) >= 11 is 0. The second-order valence-electron chi connectivity index (χ2n) is 10.4. The number of nitrogens with one attached hydrogen (secondary N) is 2. The zero-order valence-corrected chi connectivity index (χ0v) is 22.2. The van der Waals surface area contributed by atoms with E-state index in [1.54, 1.807) is 0 Å². The lowest BCUT2D eigenvalue weighted by atomic mass is 9.92. The van der Waals surface area contributed by atoms with E-state index in [9.17, 15) is 27.9 Å². The summed E-state index contributed by atoms with van der Waals surface area (Å²) in [5, 5.41) is 14.6. The van der Waals surface area contributed by atoms with Gasteiger partial charge in [-0.15, -0.1) is 0 Å². The first-order valence-corrected chi connectivity index (χ1v) is 13.2. The molecule has 1 aliphatic carbocycles. The van der Waals surface area contributed by atoms with Crippen LogP contribution in [0.2, 0.25) is 0 Å². The largest absolute Gasteiger partial charge is 0.478 e. The van der Waals surface area contributed by atoms with Crippen LogP contribution in [0.3, 0.4) is 0 Å². The number of hydrogen-bond donors (Lipinski definition) is 3. The van der Waals surface area contributed by atoms with Crippen molar-refractivity contribution in [3.05, 3.63) is 77.4 Å². The number of halogens is 4. The van der Waals surface area contributed by atoms with Crippen LogP contribution in [0.25, 0.3) is 11.1 Å². The Balaban J connectivity index is 1.82. The molecule has 0 bridgehead atoms. The second-order valence-corrected chi connectivity index (χ2v) is 10.4. The summed E-state index contributed by atoms with van der Waals surface area (Å²) in [4.78, 5) is 26.9. The predicted octanol–water partition coefficient (Wildman–Crippen LogP) is 8.05. The molecule has 40 heavy (non-hydrogen) atoms. The van der Waals surface area contributed by atoms with Crippen molar-refractivity contribution >= 4 is 29.1 Å². The van der Waals surface area contributed by atoms with Gasteiger partial charge in [0, 0.05) is 29.8 Å². The topological polar surface area (TPSA) is 81.7 Å². The van der Waals surface area contributed by atoms with Crippen LogP contribution < -0.4 is 15.5 Å². The van der Waals surface area contributed by atoms with Crippen molar-refractivity contribution in [2.24, 2.45) is 5.92 Å². The standard InChI is InChI=1S/C30H31F4N3O3/c1-17(2)16-37(20-6-4-3-5-7-20)28-15-24(33)23(22-12-18(31)8-10-21(22)29(38)39)14-27(28)36-30(40)35-26-11-9-19(32)13-25(26)34/h8-15,17,20H,3-7,16H2,1-2H3,(H,38,39)(H2,35,36,40). The fourth-order valence-electron chi connectivity index (χ4n) is 5.13. The molecule has 1 fully saturated rings. The van der Waals surface area contributed by atoms with Gasteiger partial charge in [0.05, 0.1) is 22.6 Å². The Bertz CT molecular complexity index is 1410. The molecule has 0 unspecified atom stereocenters. The van der Waals surface area contributed by atoms with Crippen LogP contribution in [0, 0.1) is 29.2 Å². The van der Waals surface area contributed by atoms with Gasteiger partial charge in [0.1, 0.15) is 23.3 Å². The Hall–Kier alpha value is -4.08. The lowest BCUT2D eigenvalue weighted by Crippen LogP contribution is -2.40. The maximum Gasteiger partial charge on any atom is 0.336 e. The Morgan fingerprint density at radius 2 is 1.50 bits per heavy atom. The number of carbonyl (C=O) groups excluding carboxylic acids is 1. The fourth-order valence-corrected chi connectivity index (χ4v) is 5.13. The molecule has 0 aromatic heterocycles. The Kier molecular flexibility index (Phi) is 8.96.